The van der Waals surface area contributed by atoms with Gasteiger partial charge in [0.05, 0.1) is 12.2 Å². The fourth-order valence-electron chi connectivity index (χ4n) is 2.00. The number of carbonyl (C=O) groups is 1. The maximum absolute atomic E-state index is 12.0. The van der Waals surface area contributed by atoms with E-state index in [1.54, 1.807) is 52.8 Å². The third-order valence-corrected chi connectivity index (χ3v) is 5.88. The fraction of sp³-hybridized carbons (Fsp3) is 0.0667. The molecule has 0 bridgehead atoms. The Bertz CT molecular complexity index is 920. The lowest BCUT2D eigenvalue weighted by atomic mass is 10.2. The predicted molar refractivity (Wildman–Crippen MR) is 91.7 cm³/mol. The van der Waals surface area contributed by atoms with Gasteiger partial charge in [0.15, 0.2) is 0 Å². The molecule has 0 aliphatic carbocycles. The second-order valence-electron chi connectivity index (χ2n) is 4.81. The number of hydrogen-bond donors (Lipinski definition) is 2. The third kappa shape index (κ3) is 3.88. The number of anilines is 1. The van der Waals surface area contributed by atoms with E-state index >= 15 is 0 Å². The zero-order valence-corrected chi connectivity index (χ0v) is 14.0. The highest BCUT2D eigenvalue weighted by atomic mass is 32.2. The van der Waals surface area contributed by atoms with Gasteiger partial charge >= 0.3 is 0 Å². The Balaban J connectivity index is 1.62. The Kier molecular flexibility index (Phi) is 4.74. The lowest BCUT2D eigenvalue weighted by Crippen LogP contribution is -2.32. The average Bonchev–Trinajstić information content (AvgIpc) is 3.26. The van der Waals surface area contributed by atoms with E-state index in [4.69, 9.17) is 0 Å². The van der Waals surface area contributed by atoms with Crippen LogP contribution in [-0.4, -0.2) is 30.7 Å². The summed E-state index contributed by atoms with van der Waals surface area (Å²) in [7, 11) is -3.65. The molecule has 0 unspecified atom stereocenters. The summed E-state index contributed by atoms with van der Waals surface area (Å²) >= 11 is 1.09. The summed E-state index contributed by atoms with van der Waals surface area (Å²) in [6, 6.07) is 12.0. The van der Waals surface area contributed by atoms with Gasteiger partial charge < -0.3 is 5.32 Å². The van der Waals surface area contributed by atoms with Crippen LogP contribution in [0, 0.1) is 0 Å². The van der Waals surface area contributed by atoms with Crippen LogP contribution in [0.1, 0.15) is 0 Å². The van der Waals surface area contributed by atoms with Crippen molar-refractivity contribution in [3.8, 4) is 5.69 Å². The van der Waals surface area contributed by atoms with Gasteiger partial charge in [-0.05, 0) is 35.7 Å². The summed E-state index contributed by atoms with van der Waals surface area (Å²) in [6.45, 7) is -0.341. The molecule has 0 radical (unpaired) electrons. The van der Waals surface area contributed by atoms with Crippen molar-refractivity contribution in [1.29, 1.82) is 0 Å². The van der Waals surface area contributed by atoms with Gasteiger partial charge in [-0.3, -0.25) is 4.79 Å². The first-order valence-electron chi connectivity index (χ1n) is 6.98. The van der Waals surface area contributed by atoms with Crippen molar-refractivity contribution in [2.45, 2.75) is 4.21 Å². The number of nitrogens with zero attached hydrogens (tertiary/aromatic N) is 2. The Labute approximate surface area is 143 Å². The predicted octanol–water partition coefficient (Wildman–Crippen LogP) is 1.85. The molecule has 2 heterocycles. The van der Waals surface area contributed by atoms with Crippen molar-refractivity contribution in [2.24, 2.45) is 0 Å². The number of hydrogen-bond acceptors (Lipinski definition) is 5. The lowest BCUT2D eigenvalue weighted by Gasteiger charge is -2.08. The molecule has 24 heavy (non-hydrogen) atoms. The van der Waals surface area contributed by atoms with Crippen LogP contribution in [0.3, 0.4) is 0 Å². The number of amides is 1. The molecule has 0 aliphatic rings. The smallest absolute Gasteiger partial charge is 0.250 e. The number of nitrogens with one attached hydrogen (secondary N) is 2. The van der Waals surface area contributed by atoms with E-state index in [2.05, 4.69) is 15.1 Å². The number of sulfonamides is 1. The Morgan fingerprint density at radius 1 is 1.21 bits per heavy atom. The summed E-state index contributed by atoms with van der Waals surface area (Å²) in [6.07, 6.45) is 3.45. The fourth-order valence-corrected chi connectivity index (χ4v) is 4.02. The van der Waals surface area contributed by atoms with Crippen molar-refractivity contribution < 1.29 is 13.2 Å². The molecule has 0 fully saturated rings. The molecule has 9 heteroatoms. The summed E-state index contributed by atoms with van der Waals surface area (Å²) in [5.41, 5.74) is 1.35. The van der Waals surface area contributed by atoms with Crippen LogP contribution >= 0.6 is 11.3 Å². The standard InChI is InChI=1S/C15H14N4O3S2/c20-14(11-17-24(21,22)15-6-2-9-23-15)18-12-4-1-5-13(10-12)19-8-3-7-16-19/h1-10,17H,11H2,(H,18,20). The molecule has 0 spiro atoms. The van der Waals surface area contributed by atoms with Crippen LogP contribution in [-0.2, 0) is 14.8 Å². The average molecular weight is 362 g/mol. The Morgan fingerprint density at radius 3 is 2.79 bits per heavy atom. The maximum Gasteiger partial charge on any atom is 0.250 e. The SMILES string of the molecule is O=C(CNS(=O)(=O)c1cccs1)Nc1cccc(-n2cccn2)c1. The van der Waals surface area contributed by atoms with Crippen molar-refractivity contribution in [2.75, 3.05) is 11.9 Å². The molecule has 1 aromatic carbocycles. The molecule has 0 saturated carbocycles. The molecule has 3 aromatic rings. The minimum Gasteiger partial charge on any atom is -0.325 e. The van der Waals surface area contributed by atoms with E-state index < -0.39 is 15.9 Å². The number of rotatable bonds is 6. The van der Waals surface area contributed by atoms with Crippen molar-refractivity contribution >= 4 is 33.0 Å². The van der Waals surface area contributed by atoms with Crippen molar-refractivity contribution in [3.05, 3.63) is 60.2 Å². The van der Waals surface area contributed by atoms with Crippen molar-refractivity contribution in [3.63, 3.8) is 0 Å². The van der Waals surface area contributed by atoms with E-state index in [0.717, 1.165) is 17.0 Å². The minimum absolute atomic E-state index is 0.177. The van der Waals surface area contributed by atoms with Crippen molar-refractivity contribution in [1.82, 2.24) is 14.5 Å². The van der Waals surface area contributed by atoms with Crippen LogP contribution in [0.5, 0.6) is 0 Å². The number of aromatic nitrogens is 2. The first-order valence-corrected chi connectivity index (χ1v) is 9.34. The van der Waals surface area contributed by atoms with Gasteiger partial charge in [-0.25, -0.2) is 17.8 Å². The molecule has 0 atom stereocenters. The van der Waals surface area contributed by atoms with Gasteiger partial charge in [0.1, 0.15) is 4.21 Å². The highest BCUT2D eigenvalue weighted by molar-refractivity contribution is 7.91. The number of benzene rings is 1. The van der Waals surface area contributed by atoms with Gasteiger partial charge in [-0.1, -0.05) is 12.1 Å². The second kappa shape index (κ2) is 6.95. The molecule has 1 amide bonds. The number of carbonyl (C=O) groups excluding carboxylic acids is 1. The van der Waals surface area contributed by atoms with Gasteiger partial charge in [0.2, 0.25) is 5.91 Å². The largest absolute Gasteiger partial charge is 0.325 e. The van der Waals surface area contributed by atoms with E-state index in [1.165, 1.54) is 6.07 Å². The Morgan fingerprint density at radius 2 is 2.08 bits per heavy atom. The molecule has 0 saturated heterocycles. The molecular formula is C15H14N4O3S2. The van der Waals surface area contributed by atoms with Crippen LogP contribution in [0.2, 0.25) is 0 Å². The van der Waals surface area contributed by atoms with Crippen LogP contribution in [0.25, 0.3) is 5.69 Å². The van der Waals surface area contributed by atoms with Crippen LogP contribution in [0.15, 0.2) is 64.4 Å². The highest BCUT2D eigenvalue weighted by Gasteiger charge is 2.16. The number of thiophene rings is 1. The van der Waals surface area contributed by atoms with E-state index in [-0.39, 0.29) is 10.8 Å². The molecule has 3 rings (SSSR count). The van der Waals surface area contributed by atoms with E-state index in [9.17, 15) is 13.2 Å². The first kappa shape index (κ1) is 16.4. The zero-order valence-electron chi connectivity index (χ0n) is 12.4. The summed E-state index contributed by atoms with van der Waals surface area (Å²) < 4.78 is 28.1. The van der Waals surface area contributed by atoms with Crippen LogP contribution < -0.4 is 10.0 Å². The molecule has 7 nitrogen and oxygen atoms in total. The quantitative estimate of drug-likeness (QED) is 0.700. The third-order valence-electron chi connectivity index (χ3n) is 3.08. The summed E-state index contributed by atoms with van der Waals surface area (Å²) in [4.78, 5) is 12.0. The maximum atomic E-state index is 12.0. The normalized spacial score (nSPS) is 11.3. The van der Waals surface area contributed by atoms with Gasteiger partial charge in [0, 0.05) is 18.1 Å². The molecular weight excluding hydrogens is 348 g/mol. The first-order chi connectivity index (χ1) is 11.5. The van der Waals surface area contributed by atoms with E-state index in [1.807, 2.05) is 6.07 Å². The lowest BCUT2D eigenvalue weighted by molar-refractivity contribution is -0.115. The van der Waals surface area contributed by atoms with E-state index in [0.29, 0.717) is 5.69 Å². The molecule has 0 aliphatic heterocycles. The van der Waals surface area contributed by atoms with Gasteiger partial charge in [-0.2, -0.15) is 5.10 Å². The topological polar surface area (TPSA) is 93.1 Å². The molecule has 2 N–H and O–H groups in total. The molecule has 2 aromatic heterocycles. The zero-order chi connectivity index (χ0) is 17.0. The Hall–Kier alpha value is -2.49. The molecule has 124 valence electrons. The van der Waals surface area contributed by atoms with Crippen LogP contribution in [0.4, 0.5) is 5.69 Å². The summed E-state index contributed by atoms with van der Waals surface area (Å²) in [5.74, 6) is -0.451. The highest BCUT2D eigenvalue weighted by Crippen LogP contribution is 2.16. The van der Waals surface area contributed by atoms with Gasteiger partial charge in [-0.15, -0.1) is 11.3 Å². The summed E-state index contributed by atoms with van der Waals surface area (Å²) in [5, 5.41) is 8.44. The second-order valence-corrected chi connectivity index (χ2v) is 7.75. The monoisotopic (exact) mass is 362 g/mol. The van der Waals surface area contributed by atoms with Gasteiger partial charge in [0.25, 0.3) is 10.0 Å². The minimum atomic E-state index is -3.65.